The molecular formula is C14H17NOS. The van der Waals surface area contributed by atoms with E-state index in [2.05, 4.69) is 23.6 Å². The predicted octanol–water partition coefficient (Wildman–Crippen LogP) is 3.22. The van der Waals surface area contributed by atoms with Crippen LogP contribution < -0.4 is 10.5 Å². The van der Waals surface area contributed by atoms with Gasteiger partial charge < -0.3 is 10.5 Å². The Morgan fingerprint density at radius 2 is 1.94 bits per heavy atom. The van der Waals surface area contributed by atoms with Crippen LogP contribution in [0, 0.1) is 0 Å². The summed E-state index contributed by atoms with van der Waals surface area (Å²) >= 11 is 1.72. The molecule has 2 rings (SSSR count). The van der Waals surface area contributed by atoms with Crippen LogP contribution in [0.25, 0.3) is 0 Å². The molecule has 3 heteroatoms. The van der Waals surface area contributed by atoms with Crippen LogP contribution in [0.15, 0.2) is 41.8 Å². The number of ether oxygens (including phenoxy) is 1. The van der Waals surface area contributed by atoms with Crippen LogP contribution in [-0.4, -0.2) is 6.54 Å². The van der Waals surface area contributed by atoms with Crippen molar-refractivity contribution >= 4 is 11.3 Å². The van der Waals surface area contributed by atoms with Crippen LogP contribution in [0.3, 0.4) is 0 Å². The molecule has 0 aliphatic rings. The van der Waals surface area contributed by atoms with Crippen molar-refractivity contribution in [3.05, 3.63) is 52.2 Å². The van der Waals surface area contributed by atoms with Gasteiger partial charge in [-0.25, -0.2) is 0 Å². The first-order chi connectivity index (χ1) is 8.38. The van der Waals surface area contributed by atoms with E-state index in [9.17, 15) is 0 Å². The third-order valence-electron chi connectivity index (χ3n) is 2.55. The summed E-state index contributed by atoms with van der Waals surface area (Å²) in [6, 6.07) is 12.4. The van der Waals surface area contributed by atoms with E-state index in [1.165, 1.54) is 10.4 Å². The van der Waals surface area contributed by atoms with Crippen molar-refractivity contribution in [3.63, 3.8) is 0 Å². The summed E-state index contributed by atoms with van der Waals surface area (Å²) in [5, 5.41) is 2.06. The largest absolute Gasteiger partial charge is 0.488 e. The van der Waals surface area contributed by atoms with Gasteiger partial charge in [-0.2, -0.15) is 0 Å². The van der Waals surface area contributed by atoms with Gasteiger partial charge >= 0.3 is 0 Å². The third kappa shape index (κ3) is 3.88. The summed E-state index contributed by atoms with van der Waals surface area (Å²) in [5.74, 6) is 0.926. The normalized spacial score (nSPS) is 10.4. The number of hydrogen-bond donors (Lipinski definition) is 1. The zero-order chi connectivity index (χ0) is 11.9. The molecule has 0 aliphatic heterocycles. The fraction of sp³-hybridized carbons (Fsp3) is 0.286. The SMILES string of the molecule is NCCCc1ccc(OCc2cccs2)cc1. The minimum Gasteiger partial charge on any atom is -0.488 e. The van der Waals surface area contributed by atoms with E-state index in [-0.39, 0.29) is 0 Å². The van der Waals surface area contributed by atoms with Crippen molar-refractivity contribution in [2.24, 2.45) is 5.73 Å². The Hall–Kier alpha value is -1.32. The quantitative estimate of drug-likeness (QED) is 0.850. The van der Waals surface area contributed by atoms with Gasteiger partial charge in [-0.3, -0.25) is 0 Å². The fourth-order valence-corrected chi connectivity index (χ4v) is 2.22. The van der Waals surface area contributed by atoms with Gasteiger partial charge in [0.2, 0.25) is 0 Å². The predicted molar refractivity (Wildman–Crippen MR) is 72.5 cm³/mol. The highest BCUT2D eigenvalue weighted by Crippen LogP contribution is 2.16. The molecule has 0 saturated heterocycles. The molecule has 2 nitrogen and oxygen atoms in total. The highest BCUT2D eigenvalue weighted by Gasteiger charge is 1.97. The molecule has 1 heterocycles. The summed E-state index contributed by atoms with van der Waals surface area (Å²) in [6.07, 6.45) is 2.08. The Bertz CT molecular complexity index is 422. The highest BCUT2D eigenvalue weighted by atomic mass is 32.1. The number of rotatable bonds is 6. The fourth-order valence-electron chi connectivity index (χ4n) is 1.61. The second kappa shape index (κ2) is 6.42. The zero-order valence-electron chi connectivity index (χ0n) is 9.76. The molecule has 0 saturated carbocycles. The molecular weight excluding hydrogens is 230 g/mol. The van der Waals surface area contributed by atoms with Crippen molar-refractivity contribution < 1.29 is 4.74 Å². The summed E-state index contributed by atoms with van der Waals surface area (Å²) < 4.78 is 5.70. The number of benzene rings is 1. The van der Waals surface area contributed by atoms with E-state index in [0.29, 0.717) is 6.61 Å². The van der Waals surface area contributed by atoms with Crippen molar-refractivity contribution in [1.29, 1.82) is 0 Å². The molecule has 0 radical (unpaired) electrons. The summed E-state index contributed by atoms with van der Waals surface area (Å²) in [7, 11) is 0. The first-order valence-electron chi connectivity index (χ1n) is 5.82. The second-order valence-electron chi connectivity index (χ2n) is 3.90. The Morgan fingerprint density at radius 3 is 2.59 bits per heavy atom. The first-order valence-corrected chi connectivity index (χ1v) is 6.70. The third-order valence-corrected chi connectivity index (χ3v) is 3.40. The average Bonchev–Trinajstić information content (AvgIpc) is 2.88. The maximum atomic E-state index is 5.70. The van der Waals surface area contributed by atoms with Gasteiger partial charge in [-0.05, 0) is 48.5 Å². The lowest BCUT2D eigenvalue weighted by Gasteiger charge is -2.05. The molecule has 0 bridgehead atoms. The standard InChI is InChI=1S/C14H17NOS/c15-9-1-3-12-5-7-13(8-6-12)16-11-14-4-2-10-17-14/h2,4-8,10H,1,3,9,11,15H2. The molecule has 90 valence electrons. The topological polar surface area (TPSA) is 35.2 Å². The summed E-state index contributed by atoms with van der Waals surface area (Å²) in [6.45, 7) is 1.40. The molecule has 0 amide bonds. The Labute approximate surface area is 106 Å². The van der Waals surface area contributed by atoms with Crippen LogP contribution in [0.4, 0.5) is 0 Å². The van der Waals surface area contributed by atoms with E-state index in [0.717, 1.165) is 25.1 Å². The van der Waals surface area contributed by atoms with Crippen LogP contribution in [-0.2, 0) is 13.0 Å². The molecule has 17 heavy (non-hydrogen) atoms. The second-order valence-corrected chi connectivity index (χ2v) is 4.94. The molecule has 1 aromatic carbocycles. The lowest BCUT2D eigenvalue weighted by molar-refractivity contribution is 0.310. The van der Waals surface area contributed by atoms with Gasteiger partial charge in [0.05, 0.1) is 0 Å². The van der Waals surface area contributed by atoms with Gasteiger partial charge in [0.1, 0.15) is 12.4 Å². The van der Waals surface area contributed by atoms with Gasteiger partial charge in [0.15, 0.2) is 0 Å². The number of nitrogens with two attached hydrogens (primary N) is 1. The van der Waals surface area contributed by atoms with Crippen molar-refractivity contribution in [1.82, 2.24) is 0 Å². The lowest BCUT2D eigenvalue weighted by atomic mass is 10.1. The number of thiophene rings is 1. The molecule has 0 fully saturated rings. The molecule has 0 atom stereocenters. The van der Waals surface area contributed by atoms with Crippen molar-refractivity contribution in [2.75, 3.05) is 6.54 Å². The molecule has 1 aromatic heterocycles. The smallest absolute Gasteiger partial charge is 0.122 e. The number of aryl methyl sites for hydroxylation is 1. The molecule has 0 aliphatic carbocycles. The highest BCUT2D eigenvalue weighted by molar-refractivity contribution is 7.09. The summed E-state index contributed by atoms with van der Waals surface area (Å²) in [4.78, 5) is 1.25. The molecule has 0 unspecified atom stereocenters. The van der Waals surface area contributed by atoms with E-state index in [1.54, 1.807) is 11.3 Å². The minimum atomic E-state index is 0.653. The maximum absolute atomic E-state index is 5.70. The van der Waals surface area contributed by atoms with Gasteiger partial charge in [0.25, 0.3) is 0 Å². The van der Waals surface area contributed by atoms with Crippen molar-refractivity contribution in [3.8, 4) is 5.75 Å². The van der Waals surface area contributed by atoms with Gasteiger partial charge in [-0.15, -0.1) is 11.3 Å². The molecule has 2 aromatic rings. The van der Waals surface area contributed by atoms with E-state index < -0.39 is 0 Å². The zero-order valence-corrected chi connectivity index (χ0v) is 10.6. The molecule has 0 spiro atoms. The maximum Gasteiger partial charge on any atom is 0.122 e. The average molecular weight is 247 g/mol. The lowest BCUT2D eigenvalue weighted by Crippen LogP contribution is -2.00. The summed E-state index contributed by atoms with van der Waals surface area (Å²) in [5.41, 5.74) is 6.80. The van der Waals surface area contributed by atoms with Crippen LogP contribution >= 0.6 is 11.3 Å². The first kappa shape index (κ1) is 12.1. The van der Waals surface area contributed by atoms with Gasteiger partial charge in [-0.1, -0.05) is 18.2 Å². The van der Waals surface area contributed by atoms with Crippen LogP contribution in [0.2, 0.25) is 0 Å². The van der Waals surface area contributed by atoms with Crippen molar-refractivity contribution in [2.45, 2.75) is 19.4 Å². The van der Waals surface area contributed by atoms with Gasteiger partial charge in [0, 0.05) is 4.88 Å². The number of hydrogen-bond acceptors (Lipinski definition) is 3. The van der Waals surface area contributed by atoms with E-state index in [1.807, 2.05) is 18.2 Å². The Morgan fingerprint density at radius 1 is 1.12 bits per heavy atom. The monoisotopic (exact) mass is 247 g/mol. The minimum absolute atomic E-state index is 0.653. The van der Waals surface area contributed by atoms with E-state index >= 15 is 0 Å². The Kier molecular flexibility index (Phi) is 4.59. The molecule has 2 N–H and O–H groups in total. The van der Waals surface area contributed by atoms with Crippen LogP contribution in [0.5, 0.6) is 5.75 Å². The Balaban J connectivity index is 1.85. The van der Waals surface area contributed by atoms with E-state index in [4.69, 9.17) is 10.5 Å². The van der Waals surface area contributed by atoms with Crippen LogP contribution in [0.1, 0.15) is 16.9 Å².